The Morgan fingerprint density at radius 3 is 2.80 bits per heavy atom. The summed E-state index contributed by atoms with van der Waals surface area (Å²) < 4.78 is 0. The minimum atomic E-state index is -0.252. The van der Waals surface area contributed by atoms with Crippen molar-refractivity contribution in [3.63, 3.8) is 0 Å². The number of thiophene rings is 1. The zero-order chi connectivity index (χ0) is 13.9. The Morgan fingerprint density at radius 1 is 1.20 bits per heavy atom. The van der Waals surface area contributed by atoms with E-state index in [1.165, 1.54) is 11.3 Å². The fraction of sp³-hybridized carbons (Fsp3) is 0.0714. The number of aromatic nitrogens is 3. The van der Waals surface area contributed by atoms with Gasteiger partial charge in [-0.2, -0.15) is 0 Å². The number of nitrogens with one attached hydrogen (secondary N) is 2. The number of nitrogens with zero attached hydrogens (tertiary/aromatic N) is 2. The molecule has 2 aromatic heterocycles. The van der Waals surface area contributed by atoms with Crippen molar-refractivity contribution in [2.75, 3.05) is 5.32 Å². The number of hydrogen-bond donors (Lipinski definition) is 2. The van der Waals surface area contributed by atoms with Gasteiger partial charge in [0.05, 0.1) is 4.88 Å². The summed E-state index contributed by atoms with van der Waals surface area (Å²) in [6, 6.07) is 11.5. The smallest absolute Gasteiger partial charge is 0.280 e. The van der Waals surface area contributed by atoms with Crippen molar-refractivity contribution in [1.82, 2.24) is 15.2 Å². The number of H-pyrrole nitrogens is 1. The van der Waals surface area contributed by atoms with Crippen molar-refractivity contribution in [2.24, 2.45) is 0 Å². The highest BCUT2D eigenvalue weighted by Gasteiger charge is 2.08. The van der Waals surface area contributed by atoms with Crippen LogP contribution in [0.3, 0.4) is 0 Å². The maximum atomic E-state index is 12.0. The first-order valence-corrected chi connectivity index (χ1v) is 6.95. The molecule has 0 bridgehead atoms. The summed E-state index contributed by atoms with van der Waals surface area (Å²) in [5.74, 6) is 0.334. The lowest BCUT2D eigenvalue weighted by atomic mass is 10.2. The molecule has 0 amide bonds. The average molecular weight is 284 g/mol. The van der Waals surface area contributed by atoms with Crippen LogP contribution < -0.4 is 10.9 Å². The maximum absolute atomic E-state index is 12.0. The number of aryl methyl sites for hydroxylation is 1. The topological polar surface area (TPSA) is 70.7 Å². The molecule has 20 heavy (non-hydrogen) atoms. The van der Waals surface area contributed by atoms with Crippen LogP contribution in [0.5, 0.6) is 0 Å². The van der Waals surface area contributed by atoms with Crippen LogP contribution in [0.2, 0.25) is 0 Å². The Bertz CT molecular complexity index is 780. The second-order valence-electron chi connectivity index (χ2n) is 4.32. The van der Waals surface area contributed by atoms with Gasteiger partial charge in [0.25, 0.3) is 5.56 Å². The summed E-state index contributed by atoms with van der Waals surface area (Å²) in [5.41, 5.74) is 2.08. The molecule has 100 valence electrons. The molecular weight excluding hydrogens is 272 g/mol. The molecule has 0 saturated heterocycles. The van der Waals surface area contributed by atoms with Gasteiger partial charge in [0, 0.05) is 5.69 Å². The lowest BCUT2D eigenvalue weighted by Crippen LogP contribution is -2.15. The monoisotopic (exact) mass is 284 g/mol. The molecule has 0 aliphatic carbocycles. The zero-order valence-corrected chi connectivity index (χ0v) is 11.6. The third-order valence-corrected chi connectivity index (χ3v) is 3.61. The normalized spacial score (nSPS) is 10.4. The summed E-state index contributed by atoms with van der Waals surface area (Å²) in [4.78, 5) is 15.5. The minimum Gasteiger partial charge on any atom is -0.324 e. The Labute approximate surface area is 119 Å². The van der Waals surface area contributed by atoms with Crippen LogP contribution in [0, 0.1) is 6.92 Å². The van der Waals surface area contributed by atoms with Crippen LogP contribution in [-0.4, -0.2) is 15.2 Å². The molecule has 0 aliphatic heterocycles. The molecule has 3 aromatic rings. The Morgan fingerprint density at radius 2 is 2.10 bits per heavy atom. The van der Waals surface area contributed by atoms with Gasteiger partial charge in [-0.3, -0.25) is 9.78 Å². The van der Waals surface area contributed by atoms with E-state index in [1.54, 1.807) is 0 Å². The molecule has 0 unspecified atom stereocenters. The predicted molar refractivity (Wildman–Crippen MR) is 80.4 cm³/mol. The Balaban J connectivity index is 1.89. The molecule has 6 heteroatoms. The van der Waals surface area contributed by atoms with Crippen molar-refractivity contribution in [3.8, 4) is 10.6 Å². The van der Waals surface area contributed by atoms with E-state index in [0.717, 1.165) is 16.1 Å². The largest absolute Gasteiger partial charge is 0.324 e. The number of benzene rings is 1. The van der Waals surface area contributed by atoms with Crippen molar-refractivity contribution in [1.29, 1.82) is 0 Å². The third-order valence-electron chi connectivity index (χ3n) is 2.73. The van der Waals surface area contributed by atoms with Gasteiger partial charge >= 0.3 is 0 Å². The van der Waals surface area contributed by atoms with E-state index in [1.807, 2.05) is 48.7 Å². The summed E-state index contributed by atoms with van der Waals surface area (Å²) in [5, 5.41) is 12.9. The van der Waals surface area contributed by atoms with E-state index in [9.17, 15) is 4.79 Å². The molecule has 1 aromatic carbocycles. The standard InChI is InChI=1S/C14H12N4OS/c1-9-4-2-5-10(8-9)15-14-16-13(19)12(17-18-14)11-6-3-7-20-11/h2-8H,1H3,(H2,15,16,18,19). The highest BCUT2D eigenvalue weighted by Crippen LogP contribution is 2.19. The molecule has 5 nitrogen and oxygen atoms in total. The van der Waals surface area contributed by atoms with Gasteiger partial charge in [-0.15, -0.1) is 21.5 Å². The van der Waals surface area contributed by atoms with E-state index in [0.29, 0.717) is 11.6 Å². The lowest BCUT2D eigenvalue weighted by molar-refractivity contribution is 0.964. The highest BCUT2D eigenvalue weighted by molar-refractivity contribution is 7.13. The second-order valence-corrected chi connectivity index (χ2v) is 5.27. The van der Waals surface area contributed by atoms with Crippen molar-refractivity contribution >= 4 is 23.0 Å². The third kappa shape index (κ3) is 2.60. The van der Waals surface area contributed by atoms with Gasteiger partial charge in [0.15, 0.2) is 5.69 Å². The van der Waals surface area contributed by atoms with E-state index in [-0.39, 0.29) is 5.56 Å². The number of aromatic amines is 1. The van der Waals surface area contributed by atoms with Gasteiger partial charge in [-0.1, -0.05) is 18.2 Å². The van der Waals surface area contributed by atoms with E-state index < -0.39 is 0 Å². The SMILES string of the molecule is Cc1cccc(Nc2nnc(-c3cccs3)c(=O)[nH]2)c1. The molecule has 0 radical (unpaired) electrons. The number of hydrogen-bond acceptors (Lipinski definition) is 5. The molecular formula is C14H12N4OS. The van der Waals surface area contributed by atoms with Crippen LogP contribution in [-0.2, 0) is 0 Å². The summed E-state index contributed by atoms with van der Waals surface area (Å²) in [6.07, 6.45) is 0. The molecule has 3 rings (SSSR count). The van der Waals surface area contributed by atoms with Gasteiger partial charge in [0.1, 0.15) is 0 Å². The Hall–Kier alpha value is -2.47. The van der Waals surface area contributed by atoms with Gasteiger partial charge in [0.2, 0.25) is 5.95 Å². The first-order chi connectivity index (χ1) is 9.72. The maximum Gasteiger partial charge on any atom is 0.280 e. The second kappa shape index (κ2) is 5.26. The number of rotatable bonds is 3. The van der Waals surface area contributed by atoms with E-state index in [4.69, 9.17) is 0 Å². The first kappa shape index (κ1) is 12.6. The molecule has 2 N–H and O–H groups in total. The average Bonchev–Trinajstić information content (AvgIpc) is 2.92. The molecule has 2 heterocycles. The van der Waals surface area contributed by atoms with Crippen molar-refractivity contribution < 1.29 is 0 Å². The predicted octanol–water partition coefficient (Wildman–Crippen LogP) is 2.95. The van der Waals surface area contributed by atoms with Gasteiger partial charge < -0.3 is 5.32 Å². The van der Waals surface area contributed by atoms with E-state index >= 15 is 0 Å². The molecule has 0 fully saturated rings. The fourth-order valence-corrected chi connectivity index (χ4v) is 2.53. The van der Waals surface area contributed by atoms with Crippen LogP contribution in [0.1, 0.15) is 5.56 Å². The summed E-state index contributed by atoms with van der Waals surface area (Å²) in [7, 11) is 0. The lowest BCUT2D eigenvalue weighted by Gasteiger charge is -2.05. The van der Waals surface area contributed by atoms with Crippen LogP contribution in [0.15, 0.2) is 46.6 Å². The first-order valence-electron chi connectivity index (χ1n) is 6.07. The van der Waals surface area contributed by atoms with Crippen molar-refractivity contribution in [3.05, 3.63) is 57.7 Å². The molecule has 0 spiro atoms. The van der Waals surface area contributed by atoms with Crippen molar-refractivity contribution in [2.45, 2.75) is 6.92 Å². The van der Waals surface area contributed by atoms with Crippen LogP contribution >= 0.6 is 11.3 Å². The van der Waals surface area contributed by atoms with Gasteiger partial charge in [-0.05, 0) is 36.1 Å². The van der Waals surface area contributed by atoms with E-state index in [2.05, 4.69) is 20.5 Å². The summed E-state index contributed by atoms with van der Waals surface area (Å²) in [6.45, 7) is 2.00. The van der Waals surface area contributed by atoms with Crippen LogP contribution in [0.25, 0.3) is 10.6 Å². The molecule has 0 aliphatic rings. The molecule has 0 saturated carbocycles. The zero-order valence-electron chi connectivity index (χ0n) is 10.8. The Kier molecular flexibility index (Phi) is 3.30. The number of anilines is 2. The summed E-state index contributed by atoms with van der Waals surface area (Å²) >= 11 is 1.46. The quantitative estimate of drug-likeness (QED) is 0.775. The van der Waals surface area contributed by atoms with Gasteiger partial charge in [-0.25, -0.2) is 0 Å². The fourth-order valence-electron chi connectivity index (χ4n) is 1.83. The van der Waals surface area contributed by atoms with Crippen LogP contribution in [0.4, 0.5) is 11.6 Å². The minimum absolute atomic E-state index is 0.252. The molecule has 0 atom stereocenters. The highest BCUT2D eigenvalue weighted by atomic mass is 32.1.